The quantitative estimate of drug-likeness (QED) is 0.762. The summed E-state index contributed by atoms with van der Waals surface area (Å²) >= 11 is 0. The van der Waals surface area contributed by atoms with Crippen molar-refractivity contribution in [2.45, 2.75) is 65.5 Å². The summed E-state index contributed by atoms with van der Waals surface area (Å²) in [6.45, 7) is 9.82. The van der Waals surface area contributed by atoms with Gasteiger partial charge in [-0.15, -0.1) is 0 Å². The van der Waals surface area contributed by atoms with Gasteiger partial charge in [0.2, 0.25) is 5.91 Å². The number of carbonyl (C=O) groups is 1. The molecule has 0 spiro atoms. The van der Waals surface area contributed by atoms with E-state index in [-0.39, 0.29) is 5.91 Å². The molecule has 0 unspecified atom stereocenters. The van der Waals surface area contributed by atoms with Gasteiger partial charge in [0.15, 0.2) is 5.82 Å². The molecule has 5 heterocycles. The zero-order valence-corrected chi connectivity index (χ0v) is 18.3. The van der Waals surface area contributed by atoms with Crippen LogP contribution in [0, 0.1) is 13.8 Å². The van der Waals surface area contributed by atoms with Gasteiger partial charge in [-0.3, -0.25) is 14.5 Å². The largest absolute Gasteiger partial charge is 0.381 e. The second kappa shape index (κ2) is 7.69. The van der Waals surface area contributed by atoms with Crippen LogP contribution in [-0.4, -0.2) is 51.9 Å². The summed E-state index contributed by atoms with van der Waals surface area (Å²) in [4.78, 5) is 21.3. The van der Waals surface area contributed by atoms with Crippen LogP contribution in [-0.2, 0) is 28.9 Å². The molecule has 2 aromatic heterocycles. The van der Waals surface area contributed by atoms with E-state index in [1.807, 2.05) is 4.90 Å². The number of nitrogens with zero attached hydrogens (tertiary/aromatic N) is 5. The van der Waals surface area contributed by atoms with Crippen LogP contribution in [0.25, 0.3) is 0 Å². The van der Waals surface area contributed by atoms with Gasteiger partial charge < -0.3 is 14.5 Å². The van der Waals surface area contributed by atoms with Gasteiger partial charge in [0.05, 0.1) is 24.0 Å². The van der Waals surface area contributed by atoms with Gasteiger partial charge in [0, 0.05) is 56.6 Å². The molecule has 0 atom stereocenters. The number of aromatic nitrogens is 3. The molecule has 160 valence electrons. The van der Waals surface area contributed by atoms with Crippen LogP contribution in [0.15, 0.2) is 6.07 Å². The highest BCUT2D eigenvalue weighted by Crippen LogP contribution is 2.39. The lowest BCUT2D eigenvalue weighted by atomic mass is 10.0. The minimum atomic E-state index is 0.137. The van der Waals surface area contributed by atoms with Gasteiger partial charge in [0.1, 0.15) is 0 Å². The first kappa shape index (κ1) is 19.5. The SMILES string of the molecule is CC(=O)N1CCc2c(c(N3CCCc4nc(C)c(C)cc43)nn2C2CCOCC2)C1. The summed E-state index contributed by atoms with van der Waals surface area (Å²) in [7, 11) is 0. The molecule has 0 radical (unpaired) electrons. The van der Waals surface area contributed by atoms with Crippen molar-refractivity contribution >= 4 is 17.4 Å². The molecule has 1 saturated heterocycles. The van der Waals surface area contributed by atoms with E-state index in [2.05, 4.69) is 29.5 Å². The molecule has 30 heavy (non-hydrogen) atoms. The van der Waals surface area contributed by atoms with Crippen molar-refractivity contribution in [2.24, 2.45) is 0 Å². The number of aryl methyl sites for hydroxylation is 3. The van der Waals surface area contributed by atoms with Gasteiger partial charge in [-0.1, -0.05) is 0 Å². The minimum absolute atomic E-state index is 0.137. The second-order valence-electron chi connectivity index (χ2n) is 8.84. The van der Waals surface area contributed by atoms with E-state index >= 15 is 0 Å². The van der Waals surface area contributed by atoms with Gasteiger partial charge in [-0.25, -0.2) is 0 Å². The van der Waals surface area contributed by atoms with E-state index in [0.29, 0.717) is 12.6 Å². The fraction of sp³-hybridized carbons (Fsp3) is 0.609. The van der Waals surface area contributed by atoms with E-state index in [0.717, 1.165) is 75.6 Å². The van der Waals surface area contributed by atoms with Crippen LogP contribution in [0.2, 0.25) is 0 Å². The van der Waals surface area contributed by atoms with Crippen LogP contribution in [0.1, 0.15) is 60.4 Å². The van der Waals surface area contributed by atoms with Crippen molar-refractivity contribution in [1.29, 1.82) is 0 Å². The number of carbonyl (C=O) groups excluding carboxylic acids is 1. The third-order valence-electron chi connectivity index (χ3n) is 6.91. The molecular formula is C23H31N5O2. The lowest BCUT2D eigenvalue weighted by molar-refractivity contribution is -0.129. The molecule has 7 heteroatoms. The predicted octanol–water partition coefficient (Wildman–Crippen LogP) is 3.24. The molecule has 0 aliphatic carbocycles. The Morgan fingerprint density at radius 3 is 2.73 bits per heavy atom. The molecule has 1 fully saturated rings. The van der Waals surface area contributed by atoms with Gasteiger partial charge >= 0.3 is 0 Å². The number of rotatable bonds is 2. The van der Waals surface area contributed by atoms with Crippen molar-refractivity contribution in [3.63, 3.8) is 0 Å². The van der Waals surface area contributed by atoms with Crippen molar-refractivity contribution in [3.8, 4) is 0 Å². The molecule has 3 aliphatic rings. The fourth-order valence-corrected chi connectivity index (χ4v) is 5.05. The molecule has 0 saturated carbocycles. The van der Waals surface area contributed by atoms with Crippen molar-refractivity contribution < 1.29 is 9.53 Å². The zero-order valence-electron chi connectivity index (χ0n) is 18.3. The number of pyridine rings is 1. The molecule has 3 aliphatic heterocycles. The molecule has 0 bridgehead atoms. The number of amides is 1. The van der Waals surface area contributed by atoms with E-state index in [9.17, 15) is 4.79 Å². The lowest BCUT2D eigenvalue weighted by Crippen LogP contribution is -2.36. The molecule has 2 aromatic rings. The number of hydrogen-bond acceptors (Lipinski definition) is 5. The molecule has 7 nitrogen and oxygen atoms in total. The van der Waals surface area contributed by atoms with Crippen LogP contribution in [0.5, 0.6) is 0 Å². The van der Waals surface area contributed by atoms with Crippen LogP contribution < -0.4 is 4.90 Å². The summed E-state index contributed by atoms with van der Waals surface area (Å²) in [6, 6.07) is 2.65. The Hall–Kier alpha value is -2.41. The minimum Gasteiger partial charge on any atom is -0.381 e. The van der Waals surface area contributed by atoms with Gasteiger partial charge in [0.25, 0.3) is 0 Å². The van der Waals surface area contributed by atoms with Crippen molar-refractivity contribution in [1.82, 2.24) is 19.7 Å². The lowest BCUT2D eigenvalue weighted by Gasteiger charge is -2.32. The molecule has 1 amide bonds. The highest BCUT2D eigenvalue weighted by molar-refractivity contribution is 5.75. The fourth-order valence-electron chi connectivity index (χ4n) is 5.05. The normalized spacial score (nSPS) is 19.6. The van der Waals surface area contributed by atoms with Crippen molar-refractivity contribution in [3.05, 3.63) is 34.3 Å². The predicted molar refractivity (Wildman–Crippen MR) is 115 cm³/mol. The Kier molecular flexibility index (Phi) is 5.01. The number of fused-ring (bicyclic) bond motifs is 2. The van der Waals surface area contributed by atoms with E-state index in [1.54, 1.807) is 6.92 Å². The molecule has 5 rings (SSSR count). The monoisotopic (exact) mass is 409 g/mol. The average molecular weight is 410 g/mol. The Morgan fingerprint density at radius 2 is 1.97 bits per heavy atom. The Morgan fingerprint density at radius 1 is 1.17 bits per heavy atom. The number of ether oxygens (including phenoxy) is 1. The maximum atomic E-state index is 12.1. The first-order valence-corrected chi connectivity index (χ1v) is 11.2. The third-order valence-corrected chi connectivity index (χ3v) is 6.91. The molecular weight excluding hydrogens is 378 g/mol. The second-order valence-corrected chi connectivity index (χ2v) is 8.84. The van der Waals surface area contributed by atoms with Crippen LogP contribution >= 0.6 is 0 Å². The highest BCUT2D eigenvalue weighted by atomic mass is 16.5. The van der Waals surface area contributed by atoms with Crippen molar-refractivity contribution in [2.75, 3.05) is 31.2 Å². The van der Waals surface area contributed by atoms with E-state index in [1.165, 1.54) is 22.5 Å². The summed E-state index contributed by atoms with van der Waals surface area (Å²) in [6.07, 6.45) is 4.94. The van der Waals surface area contributed by atoms with E-state index < -0.39 is 0 Å². The maximum Gasteiger partial charge on any atom is 0.219 e. The first-order chi connectivity index (χ1) is 14.5. The zero-order chi connectivity index (χ0) is 20.8. The summed E-state index contributed by atoms with van der Waals surface area (Å²) < 4.78 is 7.87. The topological polar surface area (TPSA) is 63.5 Å². The molecule has 0 N–H and O–H groups in total. The number of anilines is 2. The first-order valence-electron chi connectivity index (χ1n) is 11.2. The van der Waals surface area contributed by atoms with Gasteiger partial charge in [-0.2, -0.15) is 5.10 Å². The van der Waals surface area contributed by atoms with E-state index in [4.69, 9.17) is 14.8 Å². The smallest absolute Gasteiger partial charge is 0.219 e. The van der Waals surface area contributed by atoms with Gasteiger partial charge in [-0.05, 0) is 51.2 Å². The number of hydrogen-bond donors (Lipinski definition) is 0. The van der Waals surface area contributed by atoms with Crippen LogP contribution in [0.4, 0.5) is 11.5 Å². The Balaban J connectivity index is 1.61. The molecule has 0 aromatic carbocycles. The average Bonchev–Trinajstić information content (AvgIpc) is 3.13. The Bertz CT molecular complexity index is 976. The summed E-state index contributed by atoms with van der Waals surface area (Å²) in [5.41, 5.74) is 7.19. The highest BCUT2D eigenvalue weighted by Gasteiger charge is 2.33. The maximum absolute atomic E-state index is 12.1. The summed E-state index contributed by atoms with van der Waals surface area (Å²) in [5.74, 6) is 1.16. The third kappa shape index (κ3) is 3.29. The Labute approximate surface area is 178 Å². The summed E-state index contributed by atoms with van der Waals surface area (Å²) in [5, 5.41) is 5.21. The standard InChI is InChI=1S/C23H31N5O2/c1-15-13-22-20(24-16(15)2)5-4-9-27(22)23-19-14-26(17(3)29)10-6-21(19)28(25-23)18-7-11-30-12-8-18/h13,18H,4-12,14H2,1-3H3. The van der Waals surface area contributed by atoms with Crippen LogP contribution in [0.3, 0.4) is 0 Å².